The Morgan fingerprint density at radius 2 is 2.00 bits per heavy atom. The SMILES string of the molecule is O=C1CC(C(=O)NCCN2CCCCCC2)CN1. The van der Waals surface area contributed by atoms with E-state index >= 15 is 0 Å². The Morgan fingerprint density at radius 3 is 2.61 bits per heavy atom. The predicted molar refractivity (Wildman–Crippen MR) is 69.0 cm³/mol. The molecule has 2 rings (SSSR count). The van der Waals surface area contributed by atoms with Gasteiger partial charge in [-0.25, -0.2) is 0 Å². The molecule has 0 aliphatic carbocycles. The fourth-order valence-corrected chi connectivity index (χ4v) is 2.63. The van der Waals surface area contributed by atoms with Crippen LogP contribution in [0.4, 0.5) is 0 Å². The Bertz CT molecular complexity index is 299. The molecule has 2 N–H and O–H groups in total. The molecule has 2 aliphatic heterocycles. The lowest BCUT2D eigenvalue weighted by molar-refractivity contribution is -0.126. The van der Waals surface area contributed by atoms with Crippen LogP contribution >= 0.6 is 0 Å². The summed E-state index contributed by atoms with van der Waals surface area (Å²) in [5.74, 6) is -0.160. The molecule has 2 amide bonds. The summed E-state index contributed by atoms with van der Waals surface area (Å²) in [7, 11) is 0. The molecule has 102 valence electrons. The van der Waals surface area contributed by atoms with Gasteiger partial charge in [-0.1, -0.05) is 12.8 Å². The van der Waals surface area contributed by atoms with Gasteiger partial charge in [0.25, 0.3) is 0 Å². The molecule has 0 spiro atoms. The molecule has 0 saturated carbocycles. The van der Waals surface area contributed by atoms with Crippen LogP contribution in [0.1, 0.15) is 32.1 Å². The van der Waals surface area contributed by atoms with Crippen LogP contribution in [-0.2, 0) is 9.59 Å². The molecule has 5 nitrogen and oxygen atoms in total. The Kier molecular flexibility index (Phi) is 4.99. The second-order valence-electron chi connectivity index (χ2n) is 5.25. The first kappa shape index (κ1) is 13.3. The Balaban J connectivity index is 1.62. The van der Waals surface area contributed by atoms with Gasteiger partial charge in [-0.05, 0) is 25.9 Å². The molecule has 2 saturated heterocycles. The number of nitrogens with zero attached hydrogens (tertiary/aromatic N) is 1. The van der Waals surface area contributed by atoms with Crippen LogP contribution in [-0.4, -0.2) is 49.4 Å². The van der Waals surface area contributed by atoms with Gasteiger partial charge in [0, 0.05) is 26.1 Å². The maximum atomic E-state index is 11.8. The number of amides is 2. The normalized spacial score (nSPS) is 25.6. The molecule has 0 aromatic carbocycles. The average Bonchev–Trinajstić information content (AvgIpc) is 2.63. The van der Waals surface area contributed by atoms with Crippen LogP contribution in [0, 0.1) is 5.92 Å². The number of carbonyl (C=O) groups excluding carboxylic acids is 2. The van der Waals surface area contributed by atoms with Gasteiger partial charge in [0.15, 0.2) is 0 Å². The van der Waals surface area contributed by atoms with Crippen molar-refractivity contribution in [1.82, 2.24) is 15.5 Å². The molecule has 18 heavy (non-hydrogen) atoms. The maximum Gasteiger partial charge on any atom is 0.225 e. The Morgan fingerprint density at radius 1 is 1.28 bits per heavy atom. The van der Waals surface area contributed by atoms with Gasteiger partial charge in [0.2, 0.25) is 11.8 Å². The van der Waals surface area contributed by atoms with Crippen LogP contribution in [0.25, 0.3) is 0 Å². The van der Waals surface area contributed by atoms with Crippen LogP contribution in [0.15, 0.2) is 0 Å². The predicted octanol–water partition coefficient (Wildman–Crippen LogP) is 0.115. The Labute approximate surface area is 108 Å². The van der Waals surface area contributed by atoms with E-state index in [0.29, 0.717) is 19.5 Å². The summed E-state index contributed by atoms with van der Waals surface area (Å²) >= 11 is 0. The van der Waals surface area contributed by atoms with Crippen molar-refractivity contribution < 1.29 is 9.59 Å². The molecule has 2 fully saturated rings. The third-order valence-electron chi connectivity index (χ3n) is 3.77. The number of likely N-dealkylation sites (tertiary alicyclic amines) is 1. The summed E-state index contributed by atoms with van der Waals surface area (Å²) in [6.07, 6.45) is 5.55. The molecule has 0 bridgehead atoms. The number of carbonyl (C=O) groups is 2. The highest BCUT2D eigenvalue weighted by Crippen LogP contribution is 2.10. The van der Waals surface area contributed by atoms with Crippen molar-refractivity contribution in [3.05, 3.63) is 0 Å². The van der Waals surface area contributed by atoms with Gasteiger partial charge < -0.3 is 15.5 Å². The van der Waals surface area contributed by atoms with E-state index in [1.165, 1.54) is 25.7 Å². The van der Waals surface area contributed by atoms with E-state index in [0.717, 1.165) is 19.6 Å². The molecule has 5 heteroatoms. The van der Waals surface area contributed by atoms with Crippen LogP contribution in [0.3, 0.4) is 0 Å². The van der Waals surface area contributed by atoms with Crippen molar-refractivity contribution in [2.75, 3.05) is 32.7 Å². The quantitative estimate of drug-likeness (QED) is 0.748. The molecule has 1 unspecified atom stereocenters. The van der Waals surface area contributed by atoms with E-state index in [2.05, 4.69) is 15.5 Å². The molecule has 2 aliphatic rings. The first-order valence-electron chi connectivity index (χ1n) is 7.02. The van der Waals surface area contributed by atoms with Crippen molar-refractivity contribution in [3.8, 4) is 0 Å². The van der Waals surface area contributed by atoms with Crippen molar-refractivity contribution in [3.63, 3.8) is 0 Å². The van der Waals surface area contributed by atoms with Crippen molar-refractivity contribution in [2.45, 2.75) is 32.1 Å². The zero-order valence-electron chi connectivity index (χ0n) is 10.9. The molecule has 0 aromatic heterocycles. The van der Waals surface area contributed by atoms with Gasteiger partial charge in [-0.3, -0.25) is 9.59 Å². The second kappa shape index (κ2) is 6.73. The number of hydrogen-bond donors (Lipinski definition) is 2. The lowest BCUT2D eigenvalue weighted by Gasteiger charge is -2.20. The van der Waals surface area contributed by atoms with Crippen LogP contribution < -0.4 is 10.6 Å². The first-order valence-corrected chi connectivity index (χ1v) is 7.02. The highest BCUT2D eigenvalue weighted by Gasteiger charge is 2.27. The summed E-state index contributed by atoms with van der Waals surface area (Å²) in [4.78, 5) is 25.2. The topological polar surface area (TPSA) is 61.4 Å². The fraction of sp³-hybridized carbons (Fsp3) is 0.846. The van der Waals surface area contributed by atoms with E-state index in [4.69, 9.17) is 0 Å². The lowest BCUT2D eigenvalue weighted by atomic mass is 10.1. The number of rotatable bonds is 4. The molecular weight excluding hydrogens is 230 g/mol. The van der Waals surface area contributed by atoms with Gasteiger partial charge in [-0.15, -0.1) is 0 Å². The van der Waals surface area contributed by atoms with Gasteiger partial charge in [0.05, 0.1) is 5.92 Å². The molecule has 1 atom stereocenters. The third kappa shape index (κ3) is 3.98. The van der Waals surface area contributed by atoms with Crippen molar-refractivity contribution in [2.24, 2.45) is 5.92 Å². The van der Waals surface area contributed by atoms with E-state index in [1.54, 1.807) is 0 Å². The minimum absolute atomic E-state index is 0.0114. The van der Waals surface area contributed by atoms with Gasteiger partial charge in [-0.2, -0.15) is 0 Å². The smallest absolute Gasteiger partial charge is 0.225 e. The maximum absolute atomic E-state index is 11.8. The summed E-state index contributed by atoms with van der Waals surface area (Å²) < 4.78 is 0. The minimum Gasteiger partial charge on any atom is -0.355 e. The minimum atomic E-state index is -0.165. The largest absolute Gasteiger partial charge is 0.355 e. The molecule has 0 radical (unpaired) electrons. The van der Waals surface area contributed by atoms with E-state index < -0.39 is 0 Å². The van der Waals surface area contributed by atoms with E-state index in [-0.39, 0.29) is 17.7 Å². The zero-order valence-corrected chi connectivity index (χ0v) is 10.9. The highest BCUT2D eigenvalue weighted by atomic mass is 16.2. The third-order valence-corrected chi connectivity index (χ3v) is 3.77. The Hall–Kier alpha value is -1.10. The van der Waals surface area contributed by atoms with E-state index in [1.807, 2.05) is 0 Å². The summed E-state index contributed by atoms with van der Waals surface area (Å²) in [5.41, 5.74) is 0. The van der Waals surface area contributed by atoms with Gasteiger partial charge >= 0.3 is 0 Å². The van der Waals surface area contributed by atoms with Crippen LogP contribution in [0.5, 0.6) is 0 Å². The standard InChI is InChI=1S/C13H23N3O2/c17-12-9-11(10-15-12)13(18)14-5-8-16-6-3-1-2-4-7-16/h11H,1-10H2,(H,14,18)(H,15,17). The average molecular weight is 253 g/mol. The number of hydrogen-bond acceptors (Lipinski definition) is 3. The fourth-order valence-electron chi connectivity index (χ4n) is 2.63. The lowest BCUT2D eigenvalue weighted by Crippen LogP contribution is -2.38. The second-order valence-corrected chi connectivity index (χ2v) is 5.25. The van der Waals surface area contributed by atoms with Crippen LogP contribution in [0.2, 0.25) is 0 Å². The van der Waals surface area contributed by atoms with E-state index in [9.17, 15) is 9.59 Å². The molecule has 2 heterocycles. The van der Waals surface area contributed by atoms with Gasteiger partial charge in [0.1, 0.15) is 0 Å². The van der Waals surface area contributed by atoms with Crippen molar-refractivity contribution >= 4 is 11.8 Å². The number of nitrogens with one attached hydrogen (secondary N) is 2. The zero-order chi connectivity index (χ0) is 12.8. The summed E-state index contributed by atoms with van der Waals surface area (Å²) in [6.45, 7) is 4.43. The summed E-state index contributed by atoms with van der Waals surface area (Å²) in [5, 5.41) is 5.63. The highest BCUT2D eigenvalue weighted by molar-refractivity contribution is 5.89. The summed E-state index contributed by atoms with van der Waals surface area (Å²) in [6, 6.07) is 0. The molecule has 0 aromatic rings. The van der Waals surface area contributed by atoms with Crippen molar-refractivity contribution in [1.29, 1.82) is 0 Å². The molecular formula is C13H23N3O2. The first-order chi connectivity index (χ1) is 8.75. The monoisotopic (exact) mass is 253 g/mol.